The van der Waals surface area contributed by atoms with Crippen molar-refractivity contribution in [3.8, 4) is 0 Å². The number of nitrogens with zero attached hydrogens (tertiary/aromatic N) is 1. The Kier molecular flexibility index (Phi) is 7.07. The summed E-state index contributed by atoms with van der Waals surface area (Å²) in [6.07, 6.45) is 0. The number of ketones is 3. The maximum atomic E-state index is 11.4. The van der Waals surface area contributed by atoms with E-state index in [9.17, 15) is 14.4 Å². The standard InChI is InChI=1S/C9H10N2O.C9H8O2/c1-7(11-10)9(12)8-5-3-2-4-6-8;1-7(10)9(11)8-5-3-2-4-6-8/h2-6H,10H2,1H3;2-6H,1H3/b11-7-;. The van der Waals surface area contributed by atoms with Crippen LogP contribution in [0.4, 0.5) is 0 Å². The molecule has 0 aliphatic heterocycles. The molecule has 0 radical (unpaired) electrons. The van der Waals surface area contributed by atoms with Gasteiger partial charge in [-0.25, -0.2) is 0 Å². The van der Waals surface area contributed by atoms with Gasteiger partial charge in [0.15, 0.2) is 5.78 Å². The van der Waals surface area contributed by atoms with E-state index in [2.05, 4.69) is 5.10 Å². The first-order valence-electron chi connectivity index (χ1n) is 6.92. The molecule has 0 saturated heterocycles. The van der Waals surface area contributed by atoms with Crippen molar-refractivity contribution in [2.75, 3.05) is 0 Å². The number of carbonyl (C=O) groups is 3. The molecule has 0 aliphatic rings. The van der Waals surface area contributed by atoms with Crippen LogP contribution in [0.3, 0.4) is 0 Å². The molecule has 0 amide bonds. The summed E-state index contributed by atoms with van der Waals surface area (Å²) in [5.74, 6) is 4.01. The quantitative estimate of drug-likeness (QED) is 0.309. The Bertz CT molecular complexity index is 708. The summed E-state index contributed by atoms with van der Waals surface area (Å²) in [6, 6.07) is 17.4. The molecule has 2 N–H and O–H groups in total. The summed E-state index contributed by atoms with van der Waals surface area (Å²) in [5, 5.41) is 3.33. The van der Waals surface area contributed by atoms with Crippen molar-refractivity contribution >= 4 is 23.1 Å². The Labute approximate surface area is 134 Å². The van der Waals surface area contributed by atoms with Crippen molar-refractivity contribution in [1.82, 2.24) is 0 Å². The molecule has 0 fully saturated rings. The zero-order valence-electron chi connectivity index (χ0n) is 13.0. The summed E-state index contributed by atoms with van der Waals surface area (Å²) in [4.78, 5) is 33.0. The smallest absolute Gasteiger partial charge is 0.228 e. The Morgan fingerprint density at radius 3 is 1.48 bits per heavy atom. The first-order valence-corrected chi connectivity index (χ1v) is 6.92. The van der Waals surface area contributed by atoms with Gasteiger partial charge in [0.25, 0.3) is 0 Å². The highest BCUT2D eigenvalue weighted by molar-refractivity contribution is 6.45. The molecular formula is C18H18N2O3. The van der Waals surface area contributed by atoms with Crippen molar-refractivity contribution in [2.45, 2.75) is 13.8 Å². The molecule has 0 aliphatic carbocycles. The zero-order chi connectivity index (χ0) is 17.2. The lowest BCUT2D eigenvalue weighted by Gasteiger charge is -1.96. The number of carbonyl (C=O) groups excluding carboxylic acids is 3. The van der Waals surface area contributed by atoms with E-state index >= 15 is 0 Å². The molecule has 0 saturated carbocycles. The van der Waals surface area contributed by atoms with Crippen LogP contribution in [0.1, 0.15) is 34.6 Å². The van der Waals surface area contributed by atoms with Gasteiger partial charge in [0, 0.05) is 18.1 Å². The monoisotopic (exact) mass is 310 g/mol. The molecule has 0 atom stereocenters. The van der Waals surface area contributed by atoms with Crippen molar-refractivity contribution < 1.29 is 14.4 Å². The highest BCUT2D eigenvalue weighted by Gasteiger charge is 2.09. The van der Waals surface area contributed by atoms with E-state index in [0.717, 1.165) is 0 Å². The largest absolute Gasteiger partial charge is 0.323 e. The molecule has 5 heteroatoms. The predicted molar refractivity (Wildman–Crippen MR) is 89.5 cm³/mol. The van der Waals surface area contributed by atoms with Crippen molar-refractivity contribution in [2.24, 2.45) is 10.9 Å². The van der Waals surface area contributed by atoms with Crippen LogP contribution in [0.25, 0.3) is 0 Å². The van der Waals surface area contributed by atoms with E-state index in [-0.39, 0.29) is 5.78 Å². The maximum absolute atomic E-state index is 11.4. The molecule has 23 heavy (non-hydrogen) atoms. The van der Waals surface area contributed by atoms with Crippen molar-refractivity contribution in [3.05, 3.63) is 71.8 Å². The van der Waals surface area contributed by atoms with Crippen LogP contribution in [-0.4, -0.2) is 23.1 Å². The number of nitrogens with two attached hydrogens (primary N) is 1. The maximum Gasteiger partial charge on any atom is 0.228 e. The van der Waals surface area contributed by atoms with Gasteiger partial charge in [0.2, 0.25) is 11.6 Å². The number of hydrazone groups is 1. The summed E-state index contributed by atoms with van der Waals surface area (Å²) in [5.41, 5.74) is 1.39. The van der Waals surface area contributed by atoms with Crippen LogP contribution in [0.2, 0.25) is 0 Å². The molecule has 0 aromatic heterocycles. The Morgan fingerprint density at radius 2 is 1.13 bits per heavy atom. The van der Waals surface area contributed by atoms with Crippen LogP contribution in [0, 0.1) is 0 Å². The topological polar surface area (TPSA) is 89.6 Å². The van der Waals surface area contributed by atoms with Crippen LogP contribution in [0.5, 0.6) is 0 Å². The van der Waals surface area contributed by atoms with Crippen LogP contribution >= 0.6 is 0 Å². The SMILES string of the molecule is C/C(=N/N)C(=O)c1ccccc1.CC(=O)C(=O)c1ccccc1. The molecule has 2 aromatic rings. The first-order chi connectivity index (χ1) is 11.0. The van der Waals surface area contributed by atoms with Gasteiger partial charge in [-0.3, -0.25) is 14.4 Å². The summed E-state index contributed by atoms with van der Waals surface area (Å²) < 4.78 is 0. The van der Waals surface area contributed by atoms with Gasteiger partial charge in [-0.2, -0.15) is 5.10 Å². The van der Waals surface area contributed by atoms with Crippen LogP contribution in [-0.2, 0) is 4.79 Å². The Morgan fingerprint density at radius 1 is 0.739 bits per heavy atom. The molecular weight excluding hydrogens is 292 g/mol. The lowest BCUT2D eigenvalue weighted by molar-refractivity contribution is -0.113. The van der Waals surface area contributed by atoms with Gasteiger partial charge >= 0.3 is 0 Å². The molecule has 0 spiro atoms. The molecule has 5 nitrogen and oxygen atoms in total. The average molecular weight is 310 g/mol. The minimum atomic E-state index is -0.425. The Hall–Kier alpha value is -3.08. The van der Waals surface area contributed by atoms with Gasteiger partial charge in [-0.15, -0.1) is 0 Å². The molecule has 0 unspecified atom stereocenters. The number of hydrogen-bond acceptors (Lipinski definition) is 5. The van der Waals surface area contributed by atoms with Gasteiger partial charge < -0.3 is 5.84 Å². The highest BCUT2D eigenvalue weighted by Crippen LogP contribution is 2.01. The fraction of sp³-hybridized carbons (Fsp3) is 0.111. The number of Topliss-reactive ketones (excluding diaryl/α,β-unsaturated/α-hetero) is 3. The second kappa shape index (κ2) is 9.04. The van der Waals surface area contributed by atoms with E-state index in [4.69, 9.17) is 5.84 Å². The minimum Gasteiger partial charge on any atom is -0.323 e. The third-order valence-electron chi connectivity index (χ3n) is 2.91. The summed E-state index contributed by atoms with van der Waals surface area (Å²) >= 11 is 0. The normalized spacial score (nSPS) is 10.3. The number of benzene rings is 2. The molecule has 2 rings (SSSR count). The molecule has 0 bridgehead atoms. The van der Waals surface area contributed by atoms with E-state index in [0.29, 0.717) is 16.8 Å². The second-order valence-corrected chi connectivity index (χ2v) is 4.66. The van der Waals surface area contributed by atoms with E-state index in [1.807, 2.05) is 6.07 Å². The highest BCUT2D eigenvalue weighted by atomic mass is 16.2. The zero-order valence-corrected chi connectivity index (χ0v) is 13.0. The third kappa shape index (κ3) is 5.67. The van der Waals surface area contributed by atoms with Gasteiger partial charge in [-0.1, -0.05) is 60.7 Å². The van der Waals surface area contributed by atoms with Crippen LogP contribution < -0.4 is 5.84 Å². The predicted octanol–water partition coefficient (Wildman–Crippen LogP) is 2.66. The number of rotatable bonds is 4. The number of hydrogen-bond donors (Lipinski definition) is 1. The lowest BCUT2D eigenvalue weighted by Crippen LogP contribution is -2.12. The van der Waals surface area contributed by atoms with E-state index < -0.39 is 11.6 Å². The van der Waals surface area contributed by atoms with Gasteiger partial charge in [-0.05, 0) is 6.92 Å². The lowest BCUT2D eigenvalue weighted by atomic mass is 10.1. The average Bonchev–Trinajstić information content (AvgIpc) is 2.61. The van der Waals surface area contributed by atoms with Crippen LogP contribution in [0.15, 0.2) is 65.8 Å². The second-order valence-electron chi connectivity index (χ2n) is 4.66. The van der Waals surface area contributed by atoms with E-state index in [1.165, 1.54) is 6.92 Å². The van der Waals surface area contributed by atoms with Gasteiger partial charge in [0.05, 0.1) is 0 Å². The summed E-state index contributed by atoms with van der Waals surface area (Å²) in [7, 11) is 0. The minimum absolute atomic E-state index is 0.127. The fourth-order valence-electron chi connectivity index (χ4n) is 1.65. The molecule has 2 aromatic carbocycles. The fourth-order valence-corrected chi connectivity index (χ4v) is 1.65. The van der Waals surface area contributed by atoms with Crippen molar-refractivity contribution in [3.63, 3.8) is 0 Å². The molecule has 118 valence electrons. The van der Waals surface area contributed by atoms with E-state index in [1.54, 1.807) is 61.5 Å². The van der Waals surface area contributed by atoms with Gasteiger partial charge in [0.1, 0.15) is 5.71 Å². The third-order valence-corrected chi connectivity index (χ3v) is 2.91. The van der Waals surface area contributed by atoms with Crippen molar-refractivity contribution in [1.29, 1.82) is 0 Å². The summed E-state index contributed by atoms with van der Waals surface area (Å²) in [6.45, 7) is 2.87. The first kappa shape index (κ1) is 18.0. The molecule has 0 heterocycles. The Balaban J connectivity index is 0.000000231.